The summed E-state index contributed by atoms with van der Waals surface area (Å²) >= 11 is 0. The number of amides is 1. The Morgan fingerprint density at radius 1 is 1.08 bits per heavy atom. The van der Waals surface area contributed by atoms with Gasteiger partial charge in [-0.05, 0) is 46.1 Å². The van der Waals surface area contributed by atoms with Crippen LogP contribution in [0.5, 0.6) is 0 Å². The molecule has 0 aromatic heterocycles. The van der Waals surface area contributed by atoms with E-state index in [1.54, 1.807) is 0 Å². The lowest BCUT2D eigenvalue weighted by atomic mass is 9.73. The van der Waals surface area contributed by atoms with Crippen LogP contribution in [0.15, 0.2) is 18.2 Å². The number of ether oxygens (including phenoxy) is 1. The third-order valence-corrected chi connectivity index (χ3v) is 5.34. The molecule has 1 aromatic rings. The second kappa shape index (κ2) is 6.17. The van der Waals surface area contributed by atoms with Crippen molar-refractivity contribution in [2.45, 2.75) is 45.8 Å². The SMILES string of the molecule is Cc1cccc(C(=O)N2CCOCC2)c1B1OC(C)(C)C(C)(C)O1. The number of carbonyl (C=O) groups excluding carboxylic acids is 1. The zero-order valence-electron chi connectivity index (χ0n) is 15.2. The largest absolute Gasteiger partial charge is 0.495 e. The van der Waals surface area contributed by atoms with E-state index in [0.29, 0.717) is 31.9 Å². The van der Waals surface area contributed by atoms with Gasteiger partial charge in [0.15, 0.2) is 0 Å². The van der Waals surface area contributed by atoms with Gasteiger partial charge >= 0.3 is 7.12 Å². The van der Waals surface area contributed by atoms with E-state index < -0.39 is 18.3 Å². The summed E-state index contributed by atoms with van der Waals surface area (Å²) in [6, 6.07) is 5.78. The van der Waals surface area contributed by atoms with Gasteiger partial charge in [-0.15, -0.1) is 0 Å². The Kier molecular flexibility index (Phi) is 4.49. The molecule has 2 aliphatic rings. The minimum absolute atomic E-state index is 0.0201. The zero-order valence-corrected chi connectivity index (χ0v) is 15.2. The van der Waals surface area contributed by atoms with Crippen molar-refractivity contribution < 1.29 is 18.8 Å². The molecule has 2 heterocycles. The Balaban J connectivity index is 1.95. The van der Waals surface area contributed by atoms with Crippen molar-refractivity contribution in [2.24, 2.45) is 0 Å². The molecule has 0 unspecified atom stereocenters. The van der Waals surface area contributed by atoms with Gasteiger partial charge in [-0.25, -0.2) is 0 Å². The lowest BCUT2D eigenvalue weighted by molar-refractivity contribution is 0.00578. The van der Waals surface area contributed by atoms with Crippen LogP contribution in [-0.4, -0.2) is 55.4 Å². The van der Waals surface area contributed by atoms with Crippen LogP contribution < -0.4 is 5.46 Å². The van der Waals surface area contributed by atoms with Gasteiger partial charge in [-0.2, -0.15) is 0 Å². The monoisotopic (exact) mass is 331 g/mol. The van der Waals surface area contributed by atoms with Crippen LogP contribution in [0.1, 0.15) is 43.6 Å². The van der Waals surface area contributed by atoms with E-state index in [1.165, 1.54) is 0 Å². The number of nitrogens with zero attached hydrogens (tertiary/aromatic N) is 1. The van der Waals surface area contributed by atoms with Gasteiger partial charge in [0.1, 0.15) is 0 Å². The Hall–Kier alpha value is -1.37. The smallest absolute Gasteiger partial charge is 0.399 e. The molecule has 5 nitrogen and oxygen atoms in total. The minimum atomic E-state index is -0.531. The summed E-state index contributed by atoms with van der Waals surface area (Å²) in [5.74, 6) is 0.0201. The van der Waals surface area contributed by atoms with Crippen molar-refractivity contribution in [1.82, 2.24) is 4.90 Å². The van der Waals surface area contributed by atoms with Crippen LogP contribution in [0, 0.1) is 6.92 Å². The molecule has 6 heteroatoms. The summed E-state index contributed by atoms with van der Waals surface area (Å²) in [5, 5.41) is 0. The van der Waals surface area contributed by atoms with E-state index in [-0.39, 0.29) is 5.91 Å². The summed E-state index contributed by atoms with van der Waals surface area (Å²) < 4.78 is 17.7. The maximum absolute atomic E-state index is 13.0. The molecule has 0 radical (unpaired) electrons. The van der Waals surface area contributed by atoms with Gasteiger partial charge in [-0.3, -0.25) is 4.79 Å². The van der Waals surface area contributed by atoms with Gasteiger partial charge in [0.05, 0.1) is 24.4 Å². The fourth-order valence-corrected chi connectivity index (χ4v) is 3.08. The summed E-state index contributed by atoms with van der Waals surface area (Å²) in [5.41, 5.74) is 1.65. The molecular formula is C18H26BNO4. The van der Waals surface area contributed by atoms with Crippen LogP contribution in [-0.2, 0) is 14.0 Å². The zero-order chi connectivity index (χ0) is 17.5. The summed E-state index contributed by atoms with van der Waals surface area (Å²) in [4.78, 5) is 14.9. The third kappa shape index (κ3) is 2.98. The number of carbonyl (C=O) groups is 1. The van der Waals surface area contributed by atoms with E-state index >= 15 is 0 Å². The highest BCUT2D eigenvalue weighted by molar-refractivity contribution is 6.64. The summed E-state index contributed by atoms with van der Waals surface area (Å²) in [6.07, 6.45) is 0. The van der Waals surface area contributed by atoms with Crippen molar-refractivity contribution in [3.05, 3.63) is 29.3 Å². The average Bonchev–Trinajstić information content (AvgIpc) is 2.75. The molecule has 2 saturated heterocycles. The van der Waals surface area contributed by atoms with Crippen molar-refractivity contribution in [1.29, 1.82) is 0 Å². The van der Waals surface area contributed by atoms with E-state index in [4.69, 9.17) is 14.0 Å². The number of morpholine rings is 1. The second-order valence-electron chi connectivity index (χ2n) is 7.53. The number of benzene rings is 1. The molecule has 0 saturated carbocycles. The number of rotatable bonds is 2. The summed E-state index contributed by atoms with van der Waals surface area (Å²) in [6.45, 7) is 12.5. The first-order chi connectivity index (χ1) is 11.2. The number of hydrogen-bond acceptors (Lipinski definition) is 4. The fourth-order valence-electron chi connectivity index (χ4n) is 3.08. The Labute approximate surface area is 144 Å². The fraction of sp³-hybridized carbons (Fsp3) is 0.611. The van der Waals surface area contributed by atoms with E-state index in [2.05, 4.69) is 0 Å². The van der Waals surface area contributed by atoms with Crippen molar-refractivity contribution in [3.8, 4) is 0 Å². The maximum atomic E-state index is 13.0. The van der Waals surface area contributed by atoms with E-state index in [0.717, 1.165) is 11.0 Å². The Morgan fingerprint density at radius 3 is 2.25 bits per heavy atom. The van der Waals surface area contributed by atoms with Crippen molar-refractivity contribution >= 4 is 18.5 Å². The molecule has 0 bridgehead atoms. The van der Waals surface area contributed by atoms with Gasteiger partial charge in [-0.1, -0.05) is 17.7 Å². The molecule has 0 atom stereocenters. The first-order valence-electron chi connectivity index (χ1n) is 8.55. The van der Waals surface area contributed by atoms with Crippen molar-refractivity contribution in [3.63, 3.8) is 0 Å². The molecule has 0 N–H and O–H groups in total. The molecule has 0 aliphatic carbocycles. The summed E-state index contributed by atoms with van der Waals surface area (Å²) in [7, 11) is -0.531. The molecule has 1 amide bonds. The highest BCUT2D eigenvalue weighted by Crippen LogP contribution is 2.37. The quantitative estimate of drug-likeness (QED) is 0.775. The Bertz CT molecular complexity index is 622. The molecule has 24 heavy (non-hydrogen) atoms. The highest BCUT2D eigenvalue weighted by Gasteiger charge is 2.53. The standard InChI is InChI=1S/C18H26BNO4/c1-13-7-6-8-14(16(21)20-9-11-22-12-10-20)15(13)19-23-17(2,3)18(4,5)24-19/h6-8H,9-12H2,1-5H3. The average molecular weight is 331 g/mol. The van der Waals surface area contributed by atoms with Gasteiger partial charge in [0, 0.05) is 18.7 Å². The molecule has 1 aromatic carbocycles. The minimum Gasteiger partial charge on any atom is -0.399 e. The van der Waals surface area contributed by atoms with E-state index in [9.17, 15) is 4.79 Å². The third-order valence-electron chi connectivity index (χ3n) is 5.34. The number of aryl methyl sites for hydroxylation is 1. The topological polar surface area (TPSA) is 48.0 Å². The molecule has 130 valence electrons. The van der Waals surface area contributed by atoms with Gasteiger partial charge < -0.3 is 18.9 Å². The molecule has 0 spiro atoms. The predicted molar refractivity (Wildman–Crippen MR) is 93.6 cm³/mol. The van der Waals surface area contributed by atoms with E-state index in [1.807, 2.05) is 57.7 Å². The second-order valence-corrected chi connectivity index (χ2v) is 7.53. The normalized spacial score (nSPS) is 22.7. The first-order valence-corrected chi connectivity index (χ1v) is 8.55. The van der Waals surface area contributed by atoms with Gasteiger partial charge in [0.25, 0.3) is 5.91 Å². The first kappa shape index (κ1) is 17.5. The van der Waals surface area contributed by atoms with Crippen LogP contribution in [0.25, 0.3) is 0 Å². The van der Waals surface area contributed by atoms with Gasteiger partial charge in [0.2, 0.25) is 0 Å². The van der Waals surface area contributed by atoms with Crippen LogP contribution in [0.4, 0.5) is 0 Å². The molecular weight excluding hydrogens is 305 g/mol. The number of hydrogen-bond donors (Lipinski definition) is 0. The lowest BCUT2D eigenvalue weighted by Crippen LogP contribution is -2.46. The van der Waals surface area contributed by atoms with Crippen molar-refractivity contribution in [2.75, 3.05) is 26.3 Å². The predicted octanol–water partition coefficient (Wildman–Crippen LogP) is 1.77. The van der Waals surface area contributed by atoms with Crippen LogP contribution in [0.2, 0.25) is 0 Å². The molecule has 3 rings (SSSR count). The lowest BCUT2D eigenvalue weighted by Gasteiger charge is -2.32. The molecule has 2 fully saturated rings. The van der Waals surface area contributed by atoms with Crippen LogP contribution >= 0.6 is 0 Å². The Morgan fingerprint density at radius 2 is 1.67 bits per heavy atom. The van der Waals surface area contributed by atoms with Crippen LogP contribution in [0.3, 0.4) is 0 Å². The maximum Gasteiger partial charge on any atom is 0.495 e. The highest BCUT2D eigenvalue weighted by atomic mass is 16.7. The molecule has 2 aliphatic heterocycles.